The van der Waals surface area contributed by atoms with E-state index in [0.29, 0.717) is 5.82 Å². The molecule has 0 amide bonds. The SMILES string of the molecule is Cc1ccc(Nc2ccn(C)c(=O)n2)cc1. The minimum atomic E-state index is -0.267. The number of nitrogens with one attached hydrogen (secondary N) is 1. The maximum atomic E-state index is 11.3. The summed E-state index contributed by atoms with van der Waals surface area (Å²) in [6, 6.07) is 9.68. The van der Waals surface area contributed by atoms with Crippen molar-refractivity contribution >= 4 is 11.5 Å². The fourth-order valence-electron chi connectivity index (χ4n) is 1.32. The quantitative estimate of drug-likeness (QED) is 0.831. The van der Waals surface area contributed by atoms with Crippen LogP contribution in [-0.2, 0) is 7.05 Å². The molecule has 0 radical (unpaired) electrons. The molecule has 4 nitrogen and oxygen atoms in total. The highest BCUT2D eigenvalue weighted by molar-refractivity contribution is 5.55. The second-order valence-electron chi connectivity index (χ2n) is 3.70. The van der Waals surface area contributed by atoms with Gasteiger partial charge in [-0.3, -0.25) is 0 Å². The zero-order valence-corrected chi connectivity index (χ0v) is 9.27. The first-order valence-corrected chi connectivity index (χ1v) is 5.02. The lowest BCUT2D eigenvalue weighted by Crippen LogP contribution is -2.19. The number of aromatic nitrogens is 2. The third-order valence-electron chi connectivity index (χ3n) is 2.30. The van der Waals surface area contributed by atoms with Crippen molar-refractivity contribution in [3.63, 3.8) is 0 Å². The summed E-state index contributed by atoms with van der Waals surface area (Å²) in [6.07, 6.45) is 1.69. The molecule has 2 aromatic rings. The molecule has 2 rings (SSSR count). The normalized spacial score (nSPS) is 10.1. The van der Waals surface area contributed by atoms with E-state index in [1.54, 1.807) is 19.3 Å². The molecular weight excluding hydrogens is 202 g/mol. The average Bonchev–Trinajstić information content (AvgIpc) is 2.27. The van der Waals surface area contributed by atoms with Gasteiger partial charge in [-0.1, -0.05) is 17.7 Å². The van der Waals surface area contributed by atoms with Crippen LogP contribution >= 0.6 is 0 Å². The summed E-state index contributed by atoms with van der Waals surface area (Å²) in [6.45, 7) is 2.03. The van der Waals surface area contributed by atoms with Crippen LogP contribution in [0.15, 0.2) is 41.3 Å². The summed E-state index contributed by atoms with van der Waals surface area (Å²) in [5.41, 5.74) is 1.85. The van der Waals surface area contributed by atoms with Gasteiger partial charge in [0.25, 0.3) is 0 Å². The lowest BCUT2D eigenvalue weighted by atomic mass is 10.2. The lowest BCUT2D eigenvalue weighted by Gasteiger charge is -2.05. The molecule has 0 aliphatic heterocycles. The topological polar surface area (TPSA) is 46.9 Å². The van der Waals surface area contributed by atoms with Crippen molar-refractivity contribution in [3.8, 4) is 0 Å². The van der Waals surface area contributed by atoms with Crippen LogP contribution in [0.5, 0.6) is 0 Å². The van der Waals surface area contributed by atoms with Gasteiger partial charge in [0.2, 0.25) is 0 Å². The molecule has 1 N–H and O–H groups in total. The predicted molar refractivity (Wildman–Crippen MR) is 63.9 cm³/mol. The number of hydrogen-bond donors (Lipinski definition) is 1. The largest absolute Gasteiger partial charge is 0.349 e. The highest BCUT2D eigenvalue weighted by atomic mass is 16.1. The van der Waals surface area contributed by atoms with E-state index in [4.69, 9.17) is 0 Å². The Bertz CT molecular complexity index is 543. The maximum Gasteiger partial charge on any atom is 0.349 e. The number of benzene rings is 1. The van der Waals surface area contributed by atoms with Gasteiger partial charge in [0, 0.05) is 18.9 Å². The highest BCUT2D eigenvalue weighted by Gasteiger charge is 1.97. The number of aryl methyl sites for hydroxylation is 2. The van der Waals surface area contributed by atoms with Gasteiger partial charge in [0.1, 0.15) is 5.82 Å². The first-order chi connectivity index (χ1) is 7.65. The number of hydrogen-bond acceptors (Lipinski definition) is 3. The summed E-state index contributed by atoms with van der Waals surface area (Å²) in [7, 11) is 1.67. The predicted octanol–water partition coefficient (Wildman–Crippen LogP) is 1.83. The van der Waals surface area contributed by atoms with Crippen molar-refractivity contribution in [2.45, 2.75) is 6.92 Å². The van der Waals surface area contributed by atoms with Gasteiger partial charge >= 0.3 is 5.69 Å². The molecule has 1 heterocycles. The van der Waals surface area contributed by atoms with Crippen molar-refractivity contribution < 1.29 is 0 Å². The van der Waals surface area contributed by atoms with E-state index in [9.17, 15) is 4.79 Å². The molecular formula is C12H13N3O. The van der Waals surface area contributed by atoms with Crippen LogP contribution < -0.4 is 11.0 Å². The second-order valence-corrected chi connectivity index (χ2v) is 3.70. The summed E-state index contributed by atoms with van der Waals surface area (Å²) in [4.78, 5) is 15.2. The third kappa shape index (κ3) is 2.28. The lowest BCUT2D eigenvalue weighted by molar-refractivity contribution is 0.813. The fraction of sp³-hybridized carbons (Fsp3) is 0.167. The number of anilines is 2. The molecule has 0 aliphatic rings. The molecule has 82 valence electrons. The van der Waals surface area contributed by atoms with E-state index in [-0.39, 0.29) is 5.69 Å². The van der Waals surface area contributed by atoms with Crippen LogP contribution in [0.1, 0.15) is 5.56 Å². The highest BCUT2D eigenvalue weighted by Crippen LogP contribution is 2.13. The molecule has 0 saturated carbocycles. The first-order valence-electron chi connectivity index (χ1n) is 5.02. The Morgan fingerprint density at radius 1 is 1.19 bits per heavy atom. The van der Waals surface area contributed by atoms with Crippen molar-refractivity contribution in [2.75, 3.05) is 5.32 Å². The van der Waals surface area contributed by atoms with Crippen molar-refractivity contribution in [3.05, 3.63) is 52.6 Å². The Morgan fingerprint density at radius 2 is 1.88 bits per heavy atom. The summed E-state index contributed by atoms with van der Waals surface area (Å²) >= 11 is 0. The number of rotatable bonds is 2. The minimum absolute atomic E-state index is 0.267. The van der Waals surface area contributed by atoms with Gasteiger partial charge in [-0.25, -0.2) is 4.79 Å². The Hall–Kier alpha value is -2.10. The van der Waals surface area contributed by atoms with Gasteiger partial charge in [0.05, 0.1) is 0 Å². The van der Waals surface area contributed by atoms with Gasteiger partial charge in [-0.15, -0.1) is 0 Å². The average molecular weight is 215 g/mol. The Balaban J connectivity index is 2.24. The third-order valence-corrected chi connectivity index (χ3v) is 2.30. The van der Waals surface area contributed by atoms with E-state index < -0.39 is 0 Å². The summed E-state index contributed by atoms with van der Waals surface area (Å²) < 4.78 is 1.43. The van der Waals surface area contributed by atoms with E-state index in [2.05, 4.69) is 10.3 Å². The molecule has 0 atom stereocenters. The number of nitrogens with zero attached hydrogens (tertiary/aromatic N) is 2. The molecule has 0 spiro atoms. The Morgan fingerprint density at radius 3 is 2.50 bits per heavy atom. The van der Waals surface area contributed by atoms with Crippen LogP contribution in [0.4, 0.5) is 11.5 Å². The summed E-state index contributed by atoms with van der Waals surface area (Å²) in [5, 5.41) is 3.07. The van der Waals surface area contributed by atoms with Crippen LogP contribution in [-0.4, -0.2) is 9.55 Å². The second kappa shape index (κ2) is 4.18. The molecule has 4 heteroatoms. The minimum Gasteiger partial charge on any atom is -0.340 e. The molecule has 0 fully saturated rings. The maximum absolute atomic E-state index is 11.3. The van der Waals surface area contributed by atoms with E-state index >= 15 is 0 Å². The van der Waals surface area contributed by atoms with Crippen molar-refractivity contribution in [1.82, 2.24) is 9.55 Å². The van der Waals surface area contributed by atoms with Crippen LogP contribution in [0.3, 0.4) is 0 Å². The van der Waals surface area contributed by atoms with Gasteiger partial charge in [-0.05, 0) is 25.1 Å². The van der Waals surface area contributed by atoms with E-state index in [0.717, 1.165) is 5.69 Å². The Labute approximate surface area is 93.6 Å². The molecule has 0 bridgehead atoms. The molecule has 0 saturated heterocycles. The first kappa shape index (κ1) is 10.4. The monoisotopic (exact) mass is 215 g/mol. The molecule has 16 heavy (non-hydrogen) atoms. The van der Waals surface area contributed by atoms with Crippen LogP contribution in [0.2, 0.25) is 0 Å². The van der Waals surface area contributed by atoms with Crippen molar-refractivity contribution in [1.29, 1.82) is 0 Å². The van der Waals surface area contributed by atoms with Gasteiger partial charge in [0.15, 0.2) is 0 Å². The fourth-order valence-corrected chi connectivity index (χ4v) is 1.32. The molecule has 1 aromatic heterocycles. The smallest absolute Gasteiger partial charge is 0.340 e. The molecule has 1 aromatic carbocycles. The van der Waals surface area contributed by atoms with E-state index in [1.807, 2.05) is 31.2 Å². The summed E-state index contributed by atoms with van der Waals surface area (Å²) in [5.74, 6) is 0.562. The molecule has 0 unspecified atom stereocenters. The molecule has 0 aliphatic carbocycles. The van der Waals surface area contributed by atoms with E-state index in [1.165, 1.54) is 10.1 Å². The van der Waals surface area contributed by atoms with Gasteiger partial charge < -0.3 is 9.88 Å². The Kier molecular flexibility index (Phi) is 2.72. The van der Waals surface area contributed by atoms with Crippen molar-refractivity contribution in [2.24, 2.45) is 7.05 Å². The van der Waals surface area contributed by atoms with Gasteiger partial charge in [-0.2, -0.15) is 4.98 Å². The van der Waals surface area contributed by atoms with Crippen LogP contribution in [0.25, 0.3) is 0 Å². The zero-order chi connectivity index (χ0) is 11.5. The standard InChI is InChI=1S/C12H13N3O/c1-9-3-5-10(6-4-9)13-11-7-8-15(2)12(16)14-11/h3-8H,1-2H3,(H,13,14,16). The zero-order valence-electron chi connectivity index (χ0n) is 9.27. The van der Waals surface area contributed by atoms with Crippen LogP contribution in [0, 0.1) is 6.92 Å².